The quantitative estimate of drug-likeness (QED) is 0.233. The van der Waals surface area contributed by atoms with Crippen LogP contribution in [-0.2, 0) is 9.59 Å². The number of hydrogen-bond donors (Lipinski definition) is 4. The topological polar surface area (TPSA) is 115 Å². The van der Waals surface area contributed by atoms with E-state index in [2.05, 4.69) is 0 Å². The smallest absolute Gasteiger partial charge is 0.314 e. The standard InChI is InChI=1S/C3H4O4.H2O2/c4-2(5)1-3(6)7;1-2/h1H2,(H,4,5)(H,6,7);1-2H. The Morgan fingerprint density at radius 2 is 1.22 bits per heavy atom. The summed E-state index contributed by atoms with van der Waals surface area (Å²) in [6, 6.07) is 0. The fraction of sp³-hybridized carbons (Fsp3) is 0.333. The van der Waals surface area contributed by atoms with Crippen molar-refractivity contribution in [2.75, 3.05) is 0 Å². The molecule has 0 aromatic heterocycles. The highest BCUT2D eigenvalue weighted by atomic mass is 17.0. The molecule has 0 aromatic carbocycles. The first-order valence-electron chi connectivity index (χ1n) is 1.76. The lowest BCUT2D eigenvalue weighted by molar-refractivity contribution is -0.176. The van der Waals surface area contributed by atoms with Gasteiger partial charge in [-0.25, -0.2) is 0 Å². The molecule has 0 fully saturated rings. The molecule has 0 saturated heterocycles. The molecule has 6 nitrogen and oxygen atoms in total. The van der Waals surface area contributed by atoms with E-state index in [1.54, 1.807) is 0 Å². The first-order chi connectivity index (χ1) is 4.13. The number of hydrogen-bond acceptors (Lipinski definition) is 4. The van der Waals surface area contributed by atoms with Gasteiger partial charge in [0.15, 0.2) is 0 Å². The van der Waals surface area contributed by atoms with Gasteiger partial charge in [-0.2, -0.15) is 0 Å². The van der Waals surface area contributed by atoms with Gasteiger partial charge in [0.1, 0.15) is 6.42 Å². The monoisotopic (exact) mass is 138 g/mol. The van der Waals surface area contributed by atoms with E-state index in [1.165, 1.54) is 0 Å². The van der Waals surface area contributed by atoms with Crippen LogP contribution in [0.2, 0.25) is 0 Å². The van der Waals surface area contributed by atoms with E-state index in [-0.39, 0.29) is 0 Å². The predicted octanol–water partition coefficient (Wildman–Crippen LogP) is -0.437. The molecule has 0 aromatic rings. The van der Waals surface area contributed by atoms with Crippen LogP contribution in [0, 0.1) is 0 Å². The molecule has 0 unspecified atom stereocenters. The molecule has 0 bridgehead atoms. The first-order valence-corrected chi connectivity index (χ1v) is 1.76. The van der Waals surface area contributed by atoms with Crippen LogP contribution in [0.4, 0.5) is 0 Å². The van der Waals surface area contributed by atoms with Gasteiger partial charge in [0.2, 0.25) is 0 Å². The molecule has 0 amide bonds. The number of carbonyl (C=O) groups is 2. The highest BCUT2D eigenvalue weighted by Gasteiger charge is 2.01. The normalized spacial score (nSPS) is 6.89. The minimum atomic E-state index is -1.31. The summed E-state index contributed by atoms with van der Waals surface area (Å²) in [5, 5.41) is 27.4. The van der Waals surface area contributed by atoms with Gasteiger partial charge in [0.25, 0.3) is 0 Å². The molecule has 54 valence electrons. The summed E-state index contributed by atoms with van der Waals surface area (Å²) in [7, 11) is 0. The molecule has 6 heteroatoms. The van der Waals surface area contributed by atoms with Gasteiger partial charge < -0.3 is 10.2 Å². The fourth-order valence-electron chi connectivity index (χ4n) is 0.129. The van der Waals surface area contributed by atoms with Crippen LogP contribution < -0.4 is 0 Å². The summed E-state index contributed by atoms with van der Waals surface area (Å²) in [6.07, 6.45) is -0.806. The minimum absolute atomic E-state index is 0.806. The van der Waals surface area contributed by atoms with Crippen molar-refractivity contribution in [1.29, 1.82) is 0 Å². The third-order valence-electron chi connectivity index (χ3n) is 0.302. The van der Waals surface area contributed by atoms with Crippen molar-refractivity contribution in [2.24, 2.45) is 0 Å². The highest BCUT2D eigenvalue weighted by molar-refractivity contribution is 5.88. The molecule has 0 aliphatic carbocycles. The Labute approximate surface area is 49.9 Å². The Balaban J connectivity index is 0. The van der Waals surface area contributed by atoms with Crippen molar-refractivity contribution < 1.29 is 30.3 Å². The summed E-state index contributed by atoms with van der Waals surface area (Å²) in [6.45, 7) is 0. The third-order valence-corrected chi connectivity index (χ3v) is 0.302. The van der Waals surface area contributed by atoms with E-state index in [4.69, 9.17) is 20.7 Å². The van der Waals surface area contributed by atoms with Crippen molar-refractivity contribution in [2.45, 2.75) is 6.42 Å². The summed E-state index contributed by atoms with van der Waals surface area (Å²) in [4.78, 5) is 18.9. The van der Waals surface area contributed by atoms with Gasteiger partial charge in [-0.1, -0.05) is 0 Å². The Bertz CT molecular complexity index is 84.5. The molecule has 0 radical (unpaired) electrons. The maximum Gasteiger partial charge on any atom is 0.314 e. The van der Waals surface area contributed by atoms with Crippen LogP contribution in [0.15, 0.2) is 0 Å². The lowest BCUT2D eigenvalue weighted by Gasteiger charge is -1.80. The molecular formula is C3H6O6. The minimum Gasteiger partial charge on any atom is -0.481 e. The lowest BCUT2D eigenvalue weighted by atomic mass is 10.5. The Kier molecular flexibility index (Phi) is 8.21. The van der Waals surface area contributed by atoms with Gasteiger partial charge in [0.05, 0.1) is 0 Å². The van der Waals surface area contributed by atoms with Crippen molar-refractivity contribution in [3.05, 3.63) is 0 Å². The number of rotatable bonds is 2. The van der Waals surface area contributed by atoms with Gasteiger partial charge in [0, 0.05) is 0 Å². The third kappa shape index (κ3) is 19.8. The van der Waals surface area contributed by atoms with E-state index in [0.29, 0.717) is 0 Å². The van der Waals surface area contributed by atoms with Gasteiger partial charge >= 0.3 is 11.9 Å². The van der Waals surface area contributed by atoms with Crippen LogP contribution >= 0.6 is 0 Å². The van der Waals surface area contributed by atoms with E-state index in [1.807, 2.05) is 0 Å². The zero-order chi connectivity index (χ0) is 7.86. The SMILES string of the molecule is O=C(O)CC(=O)O.OO. The van der Waals surface area contributed by atoms with E-state index < -0.39 is 18.4 Å². The lowest BCUT2D eigenvalue weighted by Crippen LogP contribution is -2.03. The van der Waals surface area contributed by atoms with E-state index in [0.717, 1.165) is 0 Å². The van der Waals surface area contributed by atoms with Crippen molar-refractivity contribution in [1.82, 2.24) is 0 Å². The van der Waals surface area contributed by atoms with E-state index in [9.17, 15) is 9.59 Å². The van der Waals surface area contributed by atoms with Gasteiger partial charge in [-0.05, 0) is 0 Å². The molecular weight excluding hydrogens is 132 g/mol. The Morgan fingerprint density at radius 3 is 1.22 bits per heavy atom. The van der Waals surface area contributed by atoms with Gasteiger partial charge in [-0.15, -0.1) is 0 Å². The van der Waals surface area contributed by atoms with Crippen molar-refractivity contribution >= 4 is 11.9 Å². The largest absolute Gasteiger partial charge is 0.481 e. The highest BCUT2D eigenvalue weighted by Crippen LogP contribution is 1.74. The van der Waals surface area contributed by atoms with Crippen LogP contribution in [0.3, 0.4) is 0 Å². The van der Waals surface area contributed by atoms with E-state index >= 15 is 0 Å². The summed E-state index contributed by atoms with van der Waals surface area (Å²) in [5.41, 5.74) is 0. The Hall–Kier alpha value is -1.14. The molecule has 0 heterocycles. The molecule has 0 saturated carbocycles. The number of carboxylic acids is 2. The van der Waals surface area contributed by atoms with Crippen LogP contribution in [0.5, 0.6) is 0 Å². The average Bonchev–Trinajstić information content (AvgIpc) is 1.68. The molecule has 4 N–H and O–H groups in total. The molecule has 0 aliphatic rings. The Morgan fingerprint density at radius 1 is 1.00 bits per heavy atom. The number of aliphatic carboxylic acids is 2. The maximum absolute atomic E-state index is 9.43. The number of carboxylic acid groups (broad SMARTS) is 2. The first kappa shape index (κ1) is 10.8. The second-order valence-electron chi connectivity index (χ2n) is 0.964. The second kappa shape index (κ2) is 6.86. The maximum atomic E-state index is 9.43. The predicted molar refractivity (Wildman–Crippen MR) is 25.1 cm³/mol. The summed E-state index contributed by atoms with van der Waals surface area (Å²) in [5.74, 6) is -2.62. The molecule has 0 aliphatic heterocycles. The van der Waals surface area contributed by atoms with Crippen LogP contribution in [0.25, 0.3) is 0 Å². The zero-order valence-corrected chi connectivity index (χ0v) is 4.31. The fourth-order valence-corrected chi connectivity index (χ4v) is 0.129. The summed E-state index contributed by atoms with van der Waals surface area (Å²) < 4.78 is 0. The molecule has 0 spiro atoms. The molecule has 0 atom stereocenters. The summed E-state index contributed by atoms with van der Waals surface area (Å²) >= 11 is 0. The zero-order valence-electron chi connectivity index (χ0n) is 4.31. The van der Waals surface area contributed by atoms with Crippen molar-refractivity contribution in [3.8, 4) is 0 Å². The van der Waals surface area contributed by atoms with Crippen molar-refractivity contribution in [3.63, 3.8) is 0 Å². The van der Waals surface area contributed by atoms with Gasteiger partial charge in [-0.3, -0.25) is 20.1 Å². The molecule has 0 rings (SSSR count). The second-order valence-corrected chi connectivity index (χ2v) is 0.964. The van der Waals surface area contributed by atoms with Crippen LogP contribution in [0.1, 0.15) is 6.42 Å². The van der Waals surface area contributed by atoms with Crippen LogP contribution in [-0.4, -0.2) is 32.7 Å². The average molecular weight is 138 g/mol. The molecule has 9 heavy (non-hydrogen) atoms.